The van der Waals surface area contributed by atoms with Crippen molar-refractivity contribution in [2.45, 2.75) is 75.9 Å². The number of nitrogens with zero attached hydrogens (tertiary/aromatic N) is 5. The summed E-state index contributed by atoms with van der Waals surface area (Å²) < 4.78 is 22.7. The lowest BCUT2D eigenvalue weighted by molar-refractivity contribution is 0.108. The number of pyridine rings is 1. The summed E-state index contributed by atoms with van der Waals surface area (Å²) in [5.41, 5.74) is 2.68. The molecule has 38 heavy (non-hydrogen) atoms. The van der Waals surface area contributed by atoms with Crippen molar-refractivity contribution < 1.29 is 9.13 Å². The molecule has 0 amide bonds. The van der Waals surface area contributed by atoms with Crippen LogP contribution in [0.4, 0.5) is 10.2 Å². The van der Waals surface area contributed by atoms with Crippen molar-refractivity contribution in [1.29, 1.82) is 0 Å². The average Bonchev–Trinajstić information content (AvgIpc) is 3.62. The number of nitrogens with one attached hydrogen (secondary N) is 1. The molecule has 1 aromatic carbocycles. The third kappa shape index (κ3) is 4.13. The van der Waals surface area contributed by atoms with Crippen molar-refractivity contribution in [3.63, 3.8) is 0 Å². The molecule has 2 bridgehead atoms. The van der Waals surface area contributed by atoms with Gasteiger partial charge in [-0.05, 0) is 63.6 Å². The molecule has 200 valence electrons. The molecule has 0 saturated carbocycles. The number of hydrogen-bond donors (Lipinski definition) is 1. The third-order valence-corrected chi connectivity index (χ3v) is 9.23. The van der Waals surface area contributed by atoms with Crippen LogP contribution in [0.5, 0.6) is 6.01 Å². The molecule has 4 fully saturated rings. The van der Waals surface area contributed by atoms with Gasteiger partial charge in [-0.25, -0.2) is 4.39 Å². The molecule has 6 heterocycles. The lowest BCUT2D eigenvalue weighted by Gasteiger charge is -2.34. The second-order valence-corrected chi connectivity index (χ2v) is 11.7. The number of fused-ring (bicyclic) bond motifs is 4. The fourth-order valence-corrected chi connectivity index (χ4v) is 7.38. The molecule has 0 aliphatic carbocycles. The van der Waals surface area contributed by atoms with Gasteiger partial charge in [0.1, 0.15) is 23.6 Å². The van der Waals surface area contributed by atoms with Crippen molar-refractivity contribution in [3.8, 4) is 17.3 Å². The van der Waals surface area contributed by atoms with Crippen LogP contribution in [0.3, 0.4) is 0 Å². The summed E-state index contributed by atoms with van der Waals surface area (Å²) in [5.74, 6) is 0.356. The number of aromatic nitrogens is 3. The molecule has 0 radical (unpaired) electrons. The number of ether oxygens (including phenoxy) is 1. The van der Waals surface area contributed by atoms with Crippen LogP contribution in [0.25, 0.3) is 22.2 Å². The Morgan fingerprint density at radius 1 is 1.08 bits per heavy atom. The minimum absolute atomic E-state index is 0.0771. The molecular weight excluding hydrogens is 479 g/mol. The minimum atomic E-state index is -0.390. The van der Waals surface area contributed by atoms with Crippen LogP contribution in [0.2, 0.25) is 0 Å². The molecule has 4 saturated heterocycles. The van der Waals surface area contributed by atoms with Crippen LogP contribution in [-0.4, -0.2) is 70.3 Å². The smallest absolute Gasteiger partial charge is 0.319 e. The highest BCUT2D eigenvalue weighted by Crippen LogP contribution is 2.40. The molecule has 7 nitrogen and oxygen atoms in total. The van der Waals surface area contributed by atoms with E-state index in [-0.39, 0.29) is 17.4 Å². The molecule has 3 aromatic rings. The Bertz CT molecular complexity index is 1330. The Hall–Kier alpha value is -2.84. The predicted molar refractivity (Wildman–Crippen MR) is 147 cm³/mol. The van der Waals surface area contributed by atoms with Gasteiger partial charge in [0.25, 0.3) is 0 Å². The van der Waals surface area contributed by atoms with Gasteiger partial charge in [-0.1, -0.05) is 37.6 Å². The summed E-state index contributed by atoms with van der Waals surface area (Å²) in [7, 11) is 0. The molecule has 4 aliphatic heterocycles. The fourth-order valence-electron chi connectivity index (χ4n) is 7.38. The first kappa shape index (κ1) is 24.2. The number of anilines is 1. The standard InChI is InChI=1S/C30H37FN6O/c1-2-7-20-8-3-4-9-23(20)26-25(31)27-24(16-32-26)28(36-17-21-10-11-22(18-36)33-21)35-29(34-27)38-19-30-12-5-14-37(30)15-6-13-30/h3-4,8-9,16,21-22,33H,2,5-7,10-15,17-19H2,1H3/t21-,22+. The summed E-state index contributed by atoms with van der Waals surface area (Å²) in [6.45, 7) is 6.67. The van der Waals surface area contributed by atoms with Gasteiger partial charge in [-0.3, -0.25) is 9.88 Å². The molecule has 0 spiro atoms. The van der Waals surface area contributed by atoms with Crippen LogP contribution >= 0.6 is 0 Å². The van der Waals surface area contributed by atoms with Crippen LogP contribution in [-0.2, 0) is 6.42 Å². The van der Waals surface area contributed by atoms with E-state index in [0.717, 1.165) is 81.6 Å². The van der Waals surface area contributed by atoms with Crippen LogP contribution in [0.1, 0.15) is 57.4 Å². The summed E-state index contributed by atoms with van der Waals surface area (Å²) in [6.07, 6.45) is 10.7. The Morgan fingerprint density at radius 3 is 2.61 bits per heavy atom. The lowest BCUT2D eigenvalue weighted by Crippen LogP contribution is -2.51. The van der Waals surface area contributed by atoms with Crippen LogP contribution < -0.4 is 15.0 Å². The molecule has 2 atom stereocenters. The van der Waals surface area contributed by atoms with E-state index in [2.05, 4.69) is 33.1 Å². The second kappa shape index (κ2) is 9.72. The Balaban J connectivity index is 1.31. The van der Waals surface area contributed by atoms with E-state index < -0.39 is 0 Å². The van der Waals surface area contributed by atoms with E-state index in [1.54, 1.807) is 6.20 Å². The van der Waals surface area contributed by atoms with Gasteiger partial charge in [-0.15, -0.1) is 0 Å². The van der Waals surface area contributed by atoms with Gasteiger partial charge < -0.3 is 15.0 Å². The van der Waals surface area contributed by atoms with Crippen LogP contribution in [0.15, 0.2) is 30.5 Å². The number of rotatable bonds is 7. The molecule has 1 N–H and O–H groups in total. The van der Waals surface area contributed by atoms with Crippen molar-refractivity contribution in [2.24, 2.45) is 0 Å². The maximum atomic E-state index is 16.4. The molecular formula is C30H37FN6O. The first-order valence-corrected chi connectivity index (χ1v) is 14.5. The summed E-state index contributed by atoms with van der Waals surface area (Å²) in [6, 6.07) is 9.14. The van der Waals surface area contributed by atoms with E-state index in [1.165, 1.54) is 12.8 Å². The van der Waals surface area contributed by atoms with Crippen molar-refractivity contribution in [2.75, 3.05) is 37.7 Å². The largest absolute Gasteiger partial charge is 0.461 e. The van der Waals surface area contributed by atoms with E-state index in [1.807, 2.05) is 18.2 Å². The van der Waals surface area contributed by atoms with Crippen molar-refractivity contribution in [1.82, 2.24) is 25.2 Å². The number of hydrogen-bond acceptors (Lipinski definition) is 7. The zero-order valence-electron chi connectivity index (χ0n) is 22.3. The molecule has 7 rings (SSSR count). The fraction of sp³-hybridized carbons (Fsp3) is 0.567. The molecule has 2 aromatic heterocycles. The van der Waals surface area contributed by atoms with E-state index >= 15 is 4.39 Å². The zero-order valence-corrected chi connectivity index (χ0v) is 22.3. The van der Waals surface area contributed by atoms with Gasteiger partial charge in [-0.2, -0.15) is 9.97 Å². The summed E-state index contributed by atoms with van der Waals surface area (Å²) >= 11 is 0. The number of benzene rings is 1. The number of halogens is 1. The van der Waals surface area contributed by atoms with E-state index in [0.29, 0.717) is 35.3 Å². The quantitative estimate of drug-likeness (QED) is 0.487. The van der Waals surface area contributed by atoms with Gasteiger partial charge in [0.15, 0.2) is 5.82 Å². The normalized spacial score (nSPS) is 24.3. The Labute approximate surface area is 223 Å². The van der Waals surface area contributed by atoms with E-state index in [9.17, 15) is 0 Å². The molecule has 8 heteroatoms. The predicted octanol–water partition coefficient (Wildman–Crippen LogP) is 4.73. The van der Waals surface area contributed by atoms with Gasteiger partial charge in [0.2, 0.25) is 0 Å². The highest BCUT2D eigenvalue weighted by Gasteiger charge is 2.45. The van der Waals surface area contributed by atoms with Crippen molar-refractivity contribution >= 4 is 16.7 Å². The topological polar surface area (TPSA) is 66.4 Å². The average molecular weight is 517 g/mol. The summed E-state index contributed by atoms with van der Waals surface area (Å²) in [5, 5.41) is 4.35. The monoisotopic (exact) mass is 516 g/mol. The molecule has 4 aliphatic rings. The first-order chi connectivity index (χ1) is 18.6. The first-order valence-electron chi connectivity index (χ1n) is 14.5. The second-order valence-electron chi connectivity index (χ2n) is 11.7. The minimum Gasteiger partial charge on any atom is -0.461 e. The number of piperazine rings is 1. The number of aryl methyl sites for hydroxylation is 1. The third-order valence-electron chi connectivity index (χ3n) is 9.23. The zero-order chi connectivity index (χ0) is 25.7. The highest BCUT2D eigenvalue weighted by atomic mass is 19.1. The Kier molecular flexibility index (Phi) is 6.20. The maximum absolute atomic E-state index is 16.4. The highest BCUT2D eigenvalue weighted by molar-refractivity contribution is 5.92. The Morgan fingerprint density at radius 2 is 1.84 bits per heavy atom. The maximum Gasteiger partial charge on any atom is 0.319 e. The van der Waals surface area contributed by atoms with E-state index in [4.69, 9.17) is 14.7 Å². The van der Waals surface area contributed by atoms with Gasteiger partial charge >= 0.3 is 6.01 Å². The van der Waals surface area contributed by atoms with Crippen molar-refractivity contribution in [3.05, 3.63) is 41.8 Å². The van der Waals surface area contributed by atoms with Gasteiger partial charge in [0, 0.05) is 36.9 Å². The summed E-state index contributed by atoms with van der Waals surface area (Å²) in [4.78, 5) is 19.2. The molecule has 0 unspecified atom stereocenters. The SMILES string of the molecule is CCCc1ccccc1-c1ncc2c(N3C[C@H]4CC[C@@H](C3)N4)nc(OCC34CCCN3CCC4)nc2c1F. The lowest BCUT2D eigenvalue weighted by atomic mass is 9.95. The van der Waals surface area contributed by atoms with Gasteiger partial charge in [0.05, 0.1) is 10.9 Å². The van der Waals surface area contributed by atoms with Crippen LogP contribution in [0, 0.1) is 5.82 Å².